The van der Waals surface area contributed by atoms with Crippen LogP contribution in [-0.4, -0.2) is 49.0 Å². The first kappa shape index (κ1) is 15.3. The molecular formula is C11H15ClN4O3. The maximum Gasteiger partial charge on any atom is 0.239 e. The number of carbonyl (C=O) groups excluding carboxylic acids is 2. The summed E-state index contributed by atoms with van der Waals surface area (Å²) in [6.45, 7) is 2.48. The van der Waals surface area contributed by atoms with Crippen molar-refractivity contribution in [1.82, 2.24) is 15.3 Å². The first-order valence-electron chi connectivity index (χ1n) is 5.57. The summed E-state index contributed by atoms with van der Waals surface area (Å²) in [4.78, 5) is 30.2. The van der Waals surface area contributed by atoms with Gasteiger partial charge in [-0.2, -0.15) is 0 Å². The van der Waals surface area contributed by atoms with Crippen molar-refractivity contribution >= 4 is 29.6 Å². The lowest BCUT2D eigenvalue weighted by Gasteiger charge is -2.09. The minimum atomic E-state index is -0.235. The number of ether oxygens (including phenoxy) is 1. The Labute approximate surface area is 115 Å². The molecule has 2 N–H and O–H groups in total. The summed E-state index contributed by atoms with van der Waals surface area (Å²) < 4.78 is 4.80. The second-order valence-electron chi connectivity index (χ2n) is 3.64. The highest BCUT2D eigenvalue weighted by Gasteiger charge is 2.11. The molecule has 19 heavy (non-hydrogen) atoms. The Balaban J connectivity index is 2.62. The Kier molecular flexibility index (Phi) is 6.17. The number of methoxy groups -OCH3 is 1. The highest BCUT2D eigenvalue weighted by Crippen LogP contribution is 2.18. The zero-order valence-electron chi connectivity index (χ0n) is 10.7. The Morgan fingerprint density at radius 1 is 1.47 bits per heavy atom. The van der Waals surface area contributed by atoms with Crippen LogP contribution in [0.5, 0.6) is 0 Å². The molecule has 0 aliphatic heterocycles. The van der Waals surface area contributed by atoms with Crippen LogP contribution in [0.4, 0.5) is 5.82 Å². The molecule has 0 atom stereocenters. The van der Waals surface area contributed by atoms with E-state index >= 15 is 0 Å². The first-order chi connectivity index (χ1) is 9.08. The molecule has 1 aromatic heterocycles. The molecule has 104 valence electrons. The van der Waals surface area contributed by atoms with E-state index in [9.17, 15) is 9.59 Å². The third-order valence-corrected chi connectivity index (χ3v) is 2.46. The number of carbonyl (C=O) groups is 2. The van der Waals surface area contributed by atoms with Crippen molar-refractivity contribution in [3.05, 3.63) is 16.5 Å². The molecule has 0 bridgehead atoms. The molecular weight excluding hydrogens is 272 g/mol. The van der Waals surface area contributed by atoms with Crippen LogP contribution in [0.15, 0.2) is 0 Å². The number of aromatic nitrogens is 2. The van der Waals surface area contributed by atoms with E-state index in [0.717, 1.165) is 0 Å². The average Bonchev–Trinajstić information content (AvgIpc) is 2.36. The van der Waals surface area contributed by atoms with Gasteiger partial charge in [0.25, 0.3) is 0 Å². The molecule has 1 amide bonds. The Morgan fingerprint density at radius 3 is 2.84 bits per heavy atom. The van der Waals surface area contributed by atoms with Crippen LogP contribution < -0.4 is 10.6 Å². The average molecular weight is 287 g/mol. The SMILES string of the molecule is COCCNC(=O)CNc1nc(C)nc(Cl)c1C=O. The normalized spacial score (nSPS) is 10.1. The Bertz CT molecular complexity index is 467. The fourth-order valence-corrected chi connectivity index (χ4v) is 1.56. The monoisotopic (exact) mass is 286 g/mol. The van der Waals surface area contributed by atoms with Gasteiger partial charge in [0.15, 0.2) is 6.29 Å². The van der Waals surface area contributed by atoms with Gasteiger partial charge in [-0.3, -0.25) is 9.59 Å². The molecule has 0 aliphatic rings. The van der Waals surface area contributed by atoms with E-state index in [1.807, 2.05) is 0 Å². The van der Waals surface area contributed by atoms with E-state index in [0.29, 0.717) is 25.3 Å². The van der Waals surface area contributed by atoms with Gasteiger partial charge in [-0.15, -0.1) is 0 Å². The summed E-state index contributed by atoms with van der Waals surface area (Å²) in [7, 11) is 1.55. The second kappa shape index (κ2) is 7.65. The van der Waals surface area contributed by atoms with Gasteiger partial charge in [-0.1, -0.05) is 11.6 Å². The Morgan fingerprint density at radius 2 is 2.21 bits per heavy atom. The fraction of sp³-hybridized carbons (Fsp3) is 0.455. The van der Waals surface area contributed by atoms with Crippen LogP contribution in [0, 0.1) is 6.92 Å². The molecule has 0 radical (unpaired) electrons. The molecule has 0 aromatic carbocycles. The molecule has 8 heteroatoms. The number of nitrogens with zero attached hydrogens (tertiary/aromatic N) is 2. The van der Waals surface area contributed by atoms with E-state index < -0.39 is 0 Å². The molecule has 0 unspecified atom stereocenters. The third-order valence-electron chi connectivity index (χ3n) is 2.17. The van der Waals surface area contributed by atoms with E-state index in [1.54, 1.807) is 14.0 Å². The number of aryl methyl sites for hydroxylation is 1. The van der Waals surface area contributed by atoms with E-state index in [4.69, 9.17) is 16.3 Å². The summed E-state index contributed by atoms with van der Waals surface area (Å²) in [5.41, 5.74) is 0.136. The number of nitrogens with one attached hydrogen (secondary N) is 2. The van der Waals surface area contributed by atoms with E-state index in [-0.39, 0.29) is 29.0 Å². The highest BCUT2D eigenvalue weighted by atomic mass is 35.5. The largest absolute Gasteiger partial charge is 0.383 e. The van der Waals surface area contributed by atoms with Crippen molar-refractivity contribution in [3.8, 4) is 0 Å². The number of anilines is 1. The lowest BCUT2D eigenvalue weighted by atomic mass is 10.3. The van der Waals surface area contributed by atoms with Crippen LogP contribution in [0.3, 0.4) is 0 Å². The van der Waals surface area contributed by atoms with Crippen molar-refractivity contribution in [3.63, 3.8) is 0 Å². The summed E-state index contributed by atoms with van der Waals surface area (Å²) in [5, 5.41) is 5.44. The van der Waals surface area contributed by atoms with Gasteiger partial charge < -0.3 is 15.4 Å². The number of amides is 1. The topological polar surface area (TPSA) is 93.2 Å². The molecule has 0 aliphatic carbocycles. The summed E-state index contributed by atoms with van der Waals surface area (Å²) in [6.07, 6.45) is 0.549. The van der Waals surface area contributed by atoms with Gasteiger partial charge >= 0.3 is 0 Å². The summed E-state index contributed by atoms with van der Waals surface area (Å²) in [6, 6.07) is 0. The Hall–Kier alpha value is -1.73. The maximum atomic E-state index is 11.5. The lowest BCUT2D eigenvalue weighted by Crippen LogP contribution is -2.32. The lowest BCUT2D eigenvalue weighted by molar-refractivity contribution is -0.119. The second-order valence-corrected chi connectivity index (χ2v) is 4.00. The van der Waals surface area contributed by atoms with Gasteiger partial charge in [-0.05, 0) is 6.92 Å². The first-order valence-corrected chi connectivity index (χ1v) is 5.95. The van der Waals surface area contributed by atoms with Crippen molar-refractivity contribution < 1.29 is 14.3 Å². The highest BCUT2D eigenvalue weighted by molar-refractivity contribution is 6.32. The van der Waals surface area contributed by atoms with Crippen molar-refractivity contribution in [2.45, 2.75) is 6.92 Å². The molecule has 7 nitrogen and oxygen atoms in total. The fourth-order valence-electron chi connectivity index (χ4n) is 1.31. The molecule has 1 heterocycles. The van der Waals surface area contributed by atoms with E-state index in [1.165, 1.54) is 0 Å². The maximum absolute atomic E-state index is 11.5. The van der Waals surface area contributed by atoms with Gasteiger partial charge in [0.05, 0.1) is 18.7 Å². The van der Waals surface area contributed by atoms with Crippen LogP contribution in [-0.2, 0) is 9.53 Å². The molecule has 0 saturated carbocycles. The predicted molar refractivity (Wildman–Crippen MR) is 70.5 cm³/mol. The molecule has 0 saturated heterocycles. The number of halogens is 1. The van der Waals surface area contributed by atoms with Gasteiger partial charge in [0, 0.05) is 13.7 Å². The van der Waals surface area contributed by atoms with Gasteiger partial charge in [-0.25, -0.2) is 9.97 Å². The minimum absolute atomic E-state index is 0.0165. The molecule has 0 fully saturated rings. The van der Waals surface area contributed by atoms with E-state index in [2.05, 4.69) is 20.6 Å². The van der Waals surface area contributed by atoms with Crippen LogP contribution >= 0.6 is 11.6 Å². The van der Waals surface area contributed by atoms with Crippen LogP contribution in [0.25, 0.3) is 0 Å². The number of rotatable bonds is 7. The minimum Gasteiger partial charge on any atom is -0.383 e. The standard InChI is InChI=1S/C11H15ClN4O3/c1-7-15-10(12)8(6-17)11(16-7)14-5-9(18)13-3-4-19-2/h6H,3-5H2,1-2H3,(H,13,18)(H,14,15,16). The number of hydrogen-bond acceptors (Lipinski definition) is 6. The number of aldehydes is 1. The molecule has 1 rings (SSSR count). The zero-order chi connectivity index (χ0) is 14.3. The third kappa shape index (κ3) is 4.80. The van der Waals surface area contributed by atoms with Crippen molar-refractivity contribution in [1.29, 1.82) is 0 Å². The molecule has 1 aromatic rings. The van der Waals surface area contributed by atoms with Gasteiger partial charge in [0.2, 0.25) is 5.91 Å². The summed E-state index contributed by atoms with van der Waals surface area (Å²) >= 11 is 5.81. The predicted octanol–water partition coefficient (Wildman–Crippen LogP) is 0.425. The van der Waals surface area contributed by atoms with Crippen LogP contribution in [0.1, 0.15) is 16.2 Å². The molecule has 0 spiro atoms. The number of hydrogen-bond donors (Lipinski definition) is 2. The zero-order valence-corrected chi connectivity index (χ0v) is 11.5. The smallest absolute Gasteiger partial charge is 0.239 e. The quantitative estimate of drug-likeness (QED) is 0.429. The van der Waals surface area contributed by atoms with Crippen molar-refractivity contribution in [2.75, 3.05) is 32.1 Å². The van der Waals surface area contributed by atoms with Crippen molar-refractivity contribution in [2.24, 2.45) is 0 Å². The van der Waals surface area contributed by atoms with Gasteiger partial charge in [0.1, 0.15) is 16.8 Å². The summed E-state index contributed by atoms with van der Waals surface area (Å²) in [5.74, 6) is 0.425. The van der Waals surface area contributed by atoms with Crippen LogP contribution in [0.2, 0.25) is 5.15 Å².